The van der Waals surface area contributed by atoms with Gasteiger partial charge in [-0.1, -0.05) is 44.2 Å². The van der Waals surface area contributed by atoms with Crippen molar-refractivity contribution in [2.45, 2.75) is 26.4 Å². The Morgan fingerprint density at radius 1 is 1.07 bits per heavy atom. The second kappa shape index (κ2) is 9.39. The molecular weight excluding hydrogens is 340 g/mol. The van der Waals surface area contributed by atoms with Crippen molar-refractivity contribution in [3.05, 3.63) is 65.7 Å². The summed E-state index contributed by atoms with van der Waals surface area (Å²) in [5.74, 6) is -0.236. The molecule has 0 aliphatic rings. The van der Waals surface area contributed by atoms with Gasteiger partial charge in [0, 0.05) is 19.3 Å². The number of nitrogens with zero attached hydrogens (tertiary/aromatic N) is 2. The predicted octanol–water partition coefficient (Wildman–Crippen LogP) is 3.36. The van der Waals surface area contributed by atoms with E-state index in [1.54, 1.807) is 36.2 Å². The van der Waals surface area contributed by atoms with Crippen LogP contribution in [-0.2, 0) is 11.3 Å². The first-order chi connectivity index (χ1) is 12.9. The Morgan fingerprint density at radius 2 is 1.70 bits per heavy atom. The largest absolute Gasteiger partial charge is 0.340 e. The molecule has 1 unspecified atom stereocenters. The van der Waals surface area contributed by atoms with Crippen LogP contribution in [0.25, 0.3) is 0 Å². The highest BCUT2D eigenvalue weighted by atomic mass is 16.2. The van der Waals surface area contributed by atoms with Gasteiger partial charge < -0.3 is 15.5 Å². The van der Waals surface area contributed by atoms with Crippen LogP contribution >= 0.6 is 0 Å². The third-order valence-corrected chi connectivity index (χ3v) is 4.13. The zero-order chi connectivity index (χ0) is 19.8. The van der Waals surface area contributed by atoms with Crippen molar-refractivity contribution >= 4 is 17.6 Å². The topological polar surface area (TPSA) is 85.2 Å². The van der Waals surface area contributed by atoms with E-state index in [2.05, 4.69) is 16.7 Å². The lowest BCUT2D eigenvalue weighted by Gasteiger charge is -2.27. The fraction of sp³-hybridized carbons (Fsp3) is 0.286. The zero-order valence-corrected chi connectivity index (χ0v) is 15.8. The fourth-order valence-corrected chi connectivity index (χ4v) is 2.62. The molecule has 0 saturated heterocycles. The lowest BCUT2D eigenvalue weighted by molar-refractivity contribution is -0.133. The summed E-state index contributed by atoms with van der Waals surface area (Å²) < 4.78 is 0. The molecule has 0 heterocycles. The summed E-state index contributed by atoms with van der Waals surface area (Å²) in [5.41, 5.74) is 2.16. The van der Waals surface area contributed by atoms with Gasteiger partial charge in [0.25, 0.3) is 0 Å². The van der Waals surface area contributed by atoms with E-state index in [0.717, 1.165) is 5.56 Å². The summed E-state index contributed by atoms with van der Waals surface area (Å²) >= 11 is 0. The summed E-state index contributed by atoms with van der Waals surface area (Å²) in [4.78, 5) is 26.7. The van der Waals surface area contributed by atoms with E-state index in [1.165, 1.54) is 0 Å². The maximum Gasteiger partial charge on any atom is 0.319 e. The Labute approximate surface area is 159 Å². The third-order valence-electron chi connectivity index (χ3n) is 4.13. The second-order valence-electron chi connectivity index (χ2n) is 6.69. The first-order valence-electron chi connectivity index (χ1n) is 8.77. The number of hydrogen-bond donors (Lipinski definition) is 2. The zero-order valence-electron chi connectivity index (χ0n) is 15.8. The van der Waals surface area contributed by atoms with Gasteiger partial charge in [0.15, 0.2) is 0 Å². The molecule has 0 aliphatic carbocycles. The number of para-hydroxylation sites is 1. The van der Waals surface area contributed by atoms with Crippen molar-refractivity contribution in [3.8, 4) is 6.07 Å². The molecular formula is C21H24N4O2. The van der Waals surface area contributed by atoms with Crippen LogP contribution in [0.1, 0.15) is 25.0 Å². The van der Waals surface area contributed by atoms with Crippen LogP contribution in [0.15, 0.2) is 54.6 Å². The van der Waals surface area contributed by atoms with Crippen LogP contribution in [-0.4, -0.2) is 29.9 Å². The molecule has 0 spiro atoms. The summed E-state index contributed by atoms with van der Waals surface area (Å²) in [5, 5.41) is 14.4. The Hall–Kier alpha value is -3.33. The molecule has 0 bridgehead atoms. The Balaban J connectivity index is 2.00. The van der Waals surface area contributed by atoms with Crippen molar-refractivity contribution < 1.29 is 9.59 Å². The van der Waals surface area contributed by atoms with Crippen LogP contribution < -0.4 is 10.6 Å². The van der Waals surface area contributed by atoms with Crippen LogP contribution in [0.3, 0.4) is 0 Å². The third kappa shape index (κ3) is 5.86. The van der Waals surface area contributed by atoms with Crippen LogP contribution in [0, 0.1) is 17.2 Å². The van der Waals surface area contributed by atoms with Gasteiger partial charge in [-0.15, -0.1) is 0 Å². The first-order valence-corrected chi connectivity index (χ1v) is 8.77. The van der Waals surface area contributed by atoms with Crippen LogP contribution in [0.5, 0.6) is 0 Å². The normalized spacial score (nSPS) is 11.4. The minimum Gasteiger partial charge on any atom is -0.340 e. The van der Waals surface area contributed by atoms with Crippen molar-refractivity contribution in [3.63, 3.8) is 0 Å². The molecule has 0 fully saturated rings. The number of nitrogens with one attached hydrogen (secondary N) is 2. The quantitative estimate of drug-likeness (QED) is 0.824. The molecule has 0 saturated carbocycles. The number of benzene rings is 2. The highest BCUT2D eigenvalue weighted by Gasteiger charge is 2.27. The van der Waals surface area contributed by atoms with Gasteiger partial charge in [0.2, 0.25) is 5.91 Å². The van der Waals surface area contributed by atoms with Crippen molar-refractivity contribution in [1.29, 1.82) is 5.26 Å². The molecule has 0 radical (unpaired) electrons. The molecule has 27 heavy (non-hydrogen) atoms. The number of anilines is 1. The number of urea groups is 1. The summed E-state index contributed by atoms with van der Waals surface area (Å²) in [6.07, 6.45) is 0. The highest BCUT2D eigenvalue weighted by molar-refractivity contribution is 5.93. The Morgan fingerprint density at radius 3 is 2.26 bits per heavy atom. The minimum atomic E-state index is -0.642. The van der Waals surface area contributed by atoms with Crippen molar-refractivity contribution in [2.24, 2.45) is 5.92 Å². The van der Waals surface area contributed by atoms with E-state index in [0.29, 0.717) is 17.8 Å². The Kier molecular flexibility index (Phi) is 6.95. The Bertz CT molecular complexity index is 810. The van der Waals surface area contributed by atoms with Crippen LogP contribution in [0.4, 0.5) is 10.5 Å². The highest BCUT2D eigenvalue weighted by Crippen LogP contribution is 2.11. The first kappa shape index (κ1) is 20.0. The molecule has 2 N–H and O–H groups in total. The molecule has 6 nitrogen and oxygen atoms in total. The smallest absolute Gasteiger partial charge is 0.319 e. The van der Waals surface area contributed by atoms with Crippen LogP contribution in [0.2, 0.25) is 0 Å². The summed E-state index contributed by atoms with van der Waals surface area (Å²) in [7, 11) is 1.70. The standard InChI is InChI=1S/C21H24N4O2/c1-15(2)19(24-21(27)23-18-7-5-4-6-8-18)20(26)25(3)14-17-11-9-16(13-22)10-12-17/h4-12,15,19H,14H2,1-3H3,(H2,23,24,27). The van der Waals surface area contributed by atoms with Crippen molar-refractivity contribution in [1.82, 2.24) is 10.2 Å². The summed E-state index contributed by atoms with van der Waals surface area (Å²) in [6.45, 7) is 4.18. The van der Waals surface area contributed by atoms with E-state index >= 15 is 0 Å². The molecule has 0 aromatic heterocycles. The van der Waals surface area contributed by atoms with E-state index in [9.17, 15) is 9.59 Å². The average Bonchev–Trinajstić information content (AvgIpc) is 2.66. The molecule has 6 heteroatoms. The van der Waals surface area contributed by atoms with Gasteiger partial charge in [-0.25, -0.2) is 4.79 Å². The number of carbonyl (C=O) groups excluding carboxylic acids is 2. The monoisotopic (exact) mass is 364 g/mol. The molecule has 1 atom stereocenters. The number of carbonyl (C=O) groups is 2. The van der Waals surface area contributed by atoms with E-state index in [4.69, 9.17) is 5.26 Å². The second-order valence-corrected chi connectivity index (χ2v) is 6.69. The lowest BCUT2D eigenvalue weighted by atomic mass is 10.0. The maximum absolute atomic E-state index is 12.8. The molecule has 140 valence electrons. The molecule has 2 aromatic carbocycles. The number of nitriles is 1. The lowest BCUT2D eigenvalue weighted by Crippen LogP contribution is -2.51. The number of amides is 3. The van der Waals surface area contributed by atoms with E-state index in [1.807, 2.05) is 44.2 Å². The van der Waals surface area contributed by atoms with Gasteiger partial charge >= 0.3 is 6.03 Å². The van der Waals surface area contributed by atoms with Crippen molar-refractivity contribution in [2.75, 3.05) is 12.4 Å². The molecule has 3 amide bonds. The number of hydrogen-bond acceptors (Lipinski definition) is 3. The van der Waals surface area contributed by atoms with E-state index in [-0.39, 0.29) is 11.8 Å². The number of rotatable bonds is 6. The maximum atomic E-state index is 12.8. The SMILES string of the molecule is CC(C)C(NC(=O)Nc1ccccc1)C(=O)N(C)Cc1ccc(C#N)cc1. The summed E-state index contributed by atoms with van der Waals surface area (Å²) in [6, 6.07) is 17.2. The molecule has 0 aliphatic heterocycles. The van der Waals surface area contributed by atoms with Gasteiger partial charge in [-0.3, -0.25) is 4.79 Å². The van der Waals surface area contributed by atoms with E-state index < -0.39 is 12.1 Å². The minimum absolute atomic E-state index is 0.0672. The number of likely N-dealkylation sites (N-methyl/N-ethyl adjacent to an activating group) is 1. The predicted molar refractivity (Wildman–Crippen MR) is 105 cm³/mol. The molecule has 2 rings (SSSR count). The average molecular weight is 364 g/mol. The van der Waals surface area contributed by atoms with Gasteiger partial charge in [0.05, 0.1) is 11.6 Å². The van der Waals surface area contributed by atoms with Gasteiger partial charge in [-0.05, 0) is 35.7 Å². The fourth-order valence-electron chi connectivity index (χ4n) is 2.62. The van der Waals surface area contributed by atoms with Gasteiger partial charge in [-0.2, -0.15) is 5.26 Å². The van der Waals surface area contributed by atoms with Gasteiger partial charge in [0.1, 0.15) is 6.04 Å². The molecule has 2 aromatic rings.